The molecule has 0 bridgehead atoms. The molecule has 0 saturated heterocycles. The van der Waals surface area contributed by atoms with E-state index in [0.717, 1.165) is 5.56 Å². The van der Waals surface area contributed by atoms with Crippen molar-refractivity contribution in [2.45, 2.75) is 6.42 Å². The molecule has 1 heterocycles. The molecule has 0 atom stereocenters. The summed E-state index contributed by atoms with van der Waals surface area (Å²) >= 11 is 12.1. The Hall–Kier alpha value is -2.11. The van der Waals surface area contributed by atoms with Gasteiger partial charge in [-0.3, -0.25) is 4.79 Å². The molecule has 1 amide bonds. The van der Waals surface area contributed by atoms with Crippen LogP contribution < -0.4 is 19.5 Å². The van der Waals surface area contributed by atoms with Crippen LogP contribution in [0.5, 0.6) is 17.2 Å². The van der Waals surface area contributed by atoms with E-state index in [2.05, 4.69) is 5.32 Å². The molecule has 0 saturated carbocycles. The minimum Gasteiger partial charge on any atom is -0.486 e. The Bertz CT molecular complexity index is 767. The molecular formula is C18H17Cl2NO4. The van der Waals surface area contributed by atoms with Crippen LogP contribution in [-0.4, -0.2) is 32.3 Å². The second-order valence-corrected chi connectivity index (χ2v) is 6.29. The molecule has 2 aromatic carbocycles. The second kappa shape index (κ2) is 8.32. The minimum absolute atomic E-state index is 0.0672. The fraction of sp³-hybridized carbons (Fsp3) is 0.278. The zero-order chi connectivity index (χ0) is 17.6. The van der Waals surface area contributed by atoms with Crippen molar-refractivity contribution in [1.29, 1.82) is 0 Å². The molecule has 1 aliphatic heterocycles. The third-order valence-corrected chi connectivity index (χ3v) is 4.07. The lowest BCUT2D eigenvalue weighted by Crippen LogP contribution is -2.30. The summed E-state index contributed by atoms with van der Waals surface area (Å²) in [7, 11) is 0. The molecule has 5 nitrogen and oxygen atoms in total. The molecule has 0 radical (unpaired) electrons. The SMILES string of the molecule is O=C(COc1cccc(Cl)c1)NCCc1cc(Cl)c2c(c1)OCCO2. The Labute approximate surface area is 155 Å². The van der Waals surface area contributed by atoms with Gasteiger partial charge in [-0.25, -0.2) is 0 Å². The zero-order valence-electron chi connectivity index (χ0n) is 13.4. The van der Waals surface area contributed by atoms with E-state index in [1.165, 1.54) is 0 Å². The molecule has 0 spiro atoms. The monoisotopic (exact) mass is 381 g/mol. The van der Waals surface area contributed by atoms with Crippen LogP contribution in [0.25, 0.3) is 0 Å². The summed E-state index contributed by atoms with van der Waals surface area (Å²) in [5.41, 5.74) is 0.963. The first-order valence-corrected chi connectivity index (χ1v) is 8.60. The van der Waals surface area contributed by atoms with Gasteiger partial charge in [0.15, 0.2) is 18.1 Å². The zero-order valence-corrected chi connectivity index (χ0v) is 14.9. The maximum atomic E-state index is 11.9. The molecule has 0 aromatic heterocycles. The highest BCUT2D eigenvalue weighted by atomic mass is 35.5. The molecule has 132 valence electrons. The number of hydrogen-bond acceptors (Lipinski definition) is 4. The Morgan fingerprint density at radius 3 is 2.84 bits per heavy atom. The Balaban J connectivity index is 1.46. The van der Waals surface area contributed by atoms with Crippen LogP contribution >= 0.6 is 23.2 Å². The van der Waals surface area contributed by atoms with Crippen molar-refractivity contribution in [3.8, 4) is 17.2 Å². The third kappa shape index (κ3) is 4.94. The summed E-state index contributed by atoms with van der Waals surface area (Å²) < 4.78 is 16.4. The van der Waals surface area contributed by atoms with E-state index < -0.39 is 0 Å². The molecule has 25 heavy (non-hydrogen) atoms. The summed E-state index contributed by atoms with van der Waals surface area (Å²) in [6, 6.07) is 10.6. The quantitative estimate of drug-likeness (QED) is 0.831. The Morgan fingerprint density at radius 2 is 2.00 bits per heavy atom. The maximum absolute atomic E-state index is 11.9. The first-order chi connectivity index (χ1) is 12.1. The summed E-state index contributed by atoms with van der Waals surface area (Å²) in [4.78, 5) is 11.9. The van der Waals surface area contributed by atoms with E-state index >= 15 is 0 Å². The van der Waals surface area contributed by atoms with Crippen molar-refractivity contribution in [2.24, 2.45) is 0 Å². The van der Waals surface area contributed by atoms with Gasteiger partial charge in [-0.2, -0.15) is 0 Å². The van der Waals surface area contributed by atoms with Gasteiger partial charge in [0.1, 0.15) is 19.0 Å². The third-order valence-electron chi connectivity index (χ3n) is 3.56. The molecule has 2 aromatic rings. The first kappa shape index (κ1) is 17.7. The second-order valence-electron chi connectivity index (χ2n) is 5.45. The van der Waals surface area contributed by atoms with E-state index in [9.17, 15) is 4.79 Å². The largest absolute Gasteiger partial charge is 0.486 e. The van der Waals surface area contributed by atoms with Gasteiger partial charge in [0.05, 0.1) is 5.02 Å². The van der Waals surface area contributed by atoms with Gasteiger partial charge in [0.2, 0.25) is 0 Å². The van der Waals surface area contributed by atoms with Crippen LogP contribution in [0.1, 0.15) is 5.56 Å². The number of benzene rings is 2. The summed E-state index contributed by atoms with van der Waals surface area (Å²) in [6.45, 7) is 1.40. The number of ether oxygens (including phenoxy) is 3. The van der Waals surface area contributed by atoms with Crippen molar-refractivity contribution in [3.05, 3.63) is 52.0 Å². The molecular weight excluding hydrogens is 365 g/mol. The maximum Gasteiger partial charge on any atom is 0.257 e. The Morgan fingerprint density at radius 1 is 1.16 bits per heavy atom. The van der Waals surface area contributed by atoms with Crippen LogP contribution in [0, 0.1) is 0 Å². The lowest BCUT2D eigenvalue weighted by Gasteiger charge is -2.20. The van der Waals surface area contributed by atoms with E-state index in [1.807, 2.05) is 12.1 Å². The predicted molar refractivity (Wildman–Crippen MR) is 96.1 cm³/mol. The van der Waals surface area contributed by atoms with Crippen LogP contribution in [0.2, 0.25) is 10.0 Å². The average molecular weight is 382 g/mol. The molecule has 3 rings (SSSR count). The number of hydrogen-bond donors (Lipinski definition) is 1. The highest BCUT2D eigenvalue weighted by molar-refractivity contribution is 6.32. The number of fused-ring (bicyclic) bond motifs is 1. The van der Waals surface area contributed by atoms with Gasteiger partial charge in [-0.05, 0) is 42.3 Å². The van der Waals surface area contributed by atoms with Gasteiger partial charge >= 0.3 is 0 Å². The number of amides is 1. The van der Waals surface area contributed by atoms with E-state index in [-0.39, 0.29) is 12.5 Å². The van der Waals surface area contributed by atoms with Crippen LogP contribution in [-0.2, 0) is 11.2 Å². The summed E-state index contributed by atoms with van der Waals surface area (Å²) in [5, 5.41) is 3.88. The molecule has 1 N–H and O–H groups in total. The van der Waals surface area contributed by atoms with E-state index in [1.54, 1.807) is 24.3 Å². The van der Waals surface area contributed by atoms with Gasteiger partial charge < -0.3 is 19.5 Å². The predicted octanol–water partition coefficient (Wildman–Crippen LogP) is 3.50. The van der Waals surface area contributed by atoms with Crippen molar-refractivity contribution in [3.63, 3.8) is 0 Å². The van der Waals surface area contributed by atoms with Gasteiger partial charge in [0, 0.05) is 11.6 Å². The number of nitrogens with one attached hydrogen (secondary N) is 1. The van der Waals surface area contributed by atoms with Crippen LogP contribution in [0.15, 0.2) is 36.4 Å². The number of carbonyl (C=O) groups excluding carboxylic acids is 1. The van der Waals surface area contributed by atoms with Crippen molar-refractivity contribution >= 4 is 29.1 Å². The minimum atomic E-state index is -0.205. The lowest BCUT2D eigenvalue weighted by molar-refractivity contribution is -0.123. The number of carbonyl (C=O) groups is 1. The molecule has 7 heteroatoms. The van der Waals surface area contributed by atoms with Crippen molar-refractivity contribution in [1.82, 2.24) is 5.32 Å². The van der Waals surface area contributed by atoms with E-state index in [0.29, 0.717) is 53.5 Å². The number of rotatable bonds is 6. The highest BCUT2D eigenvalue weighted by Crippen LogP contribution is 2.38. The standard InChI is InChI=1S/C18H17Cl2NO4/c19-13-2-1-3-14(10-13)25-11-17(22)21-5-4-12-8-15(20)18-16(9-12)23-6-7-24-18/h1-3,8-10H,4-7,11H2,(H,21,22). The average Bonchev–Trinajstić information content (AvgIpc) is 2.60. The van der Waals surface area contributed by atoms with Gasteiger partial charge in [-0.15, -0.1) is 0 Å². The highest BCUT2D eigenvalue weighted by Gasteiger charge is 2.16. The van der Waals surface area contributed by atoms with Gasteiger partial charge in [-0.1, -0.05) is 29.3 Å². The smallest absolute Gasteiger partial charge is 0.257 e. The topological polar surface area (TPSA) is 56.8 Å². The Kier molecular flexibility index (Phi) is 5.89. The number of halogens is 2. The van der Waals surface area contributed by atoms with Crippen molar-refractivity contribution < 1.29 is 19.0 Å². The first-order valence-electron chi connectivity index (χ1n) is 7.85. The fourth-order valence-corrected chi connectivity index (χ4v) is 2.88. The molecule has 0 fully saturated rings. The van der Waals surface area contributed by atoms with Gasteiger partial charge in [0.25, 0.3) is 5.91 Å². The lowest BCUT2D eigenvalue weighted by atomic mass is 10.1. The summed E-state index contributed by atoms with van der Waals surface area (Å²) in [5.74, 6) is 1.57. The van der Waals surface area contributed by atoms with Crippen molar-refractivity contribution in [2.75, 3.05) is 26.4 Å². The van der Waals surface area contributed by atoms with Crippen LogP contribution in [0.4, 0.5) is 0 Å². The fourth-order valence-electron chi connectivity index (χ4n) is 2.41. The summed E-state index contributed by atoms with van der Waals surface area (Å²) in [6.07, 6.45) is 0.624. The normalized spacial score (nSPS) is 12.6. The van der Waals surface area contributed by atoms with Crippen LogP contribution in [0.3, 0.4) is 0 Å². The molecule has 1 aliphatic rings. The molecule has 0 aliphatic carbocycles. The molecule has 0 unspecified atom stereocenters. The van der Waals surface area contributed by atoms with E-state index in [4.69, 9.17) is 37.4 Å².